The van der Waals surface area contributed by atoms with Crippen molar-refractivity contribution in [1.29, 1.82) is 0 Å². The number of para-hydroxylation sites is 1. The average molecular weight is 410 g/mol. The number of carbonyl (C=O) groups is 3. The lowest BCUT2D eigenvalue weighted by atomic mass is 10.2. The highest BCUT2D eigenvalue weighted by Gasteiger charge is 2.12. The second kappa shape index (κ2) is 11.4. The topological polar surface area (TPSA) is 109 Å². The van der Waals surface area contributed by atoms with E-state index in [4.69, 9.17) is 4.74 Å². The Morgan fingerprint density at radius 2 is 1.73 bits per heavy atom. The number of anilines is 1. The monoisotopic (exact) mass is 410 g/mol. The van der Waals surface area contributed by atoms with Crippen LogP contribution in [-0.2, 0) is 14.4 Å². The first kappa shape index (κ1) is 22.6. The van der Waals surface area contributed by atoms with E-state index >= 15 is 0 Å². The molecule has 0 unspecified atom stereocenters. The maximum atomic E-state index is 12.1. The van der Waals surface area contributed by atoms with Crippen molar-refractivity contribution in [3.63, 3.8) is 0 Å². The third kappa shape index (κ3) is 7.75. The van der Waals surface area contributed by atoms with Gasteiger partial charge in [-0.2, -0.15) is 5.10 Å². The second-order valence-electron chi connectivity index (χ2n) is 7.04. The van der Waals surface area contributed by atoms with E-state index in [1.807, 2.05) is 45.0 Å². The number of benzene rings is 2. The molecule has 2 aromatic rings. The molecule has 0 bridgehead atoms. The van der Waals surface area contributed by atoms with Gasteiger partial charge in [0.05, 0.1) is 6.21 Å². The molecule has 0 aliphatic heterocycles. The van der Waals surface area contributed by atoms with Gasteiger partial charge in [0, 0.05) is 17.8 Å². The van der Waals surface area contributed by atoms with Crippen LogP contribution >= 0.6 is 0 Å². The van der Waals surface area contributed by atoms with Crippen LogP contribution in [-0.4, -0.2) is 37.1 Å². The zero-order chi connectivity index (χ0) is 21.9. The maximum absolute atomic E-state index is 12.1. The van der Waals surface area contributed by atoms with Crippen LogP contribution in [0.15, 0.2) is 53.6 Å². The van der Waals surface area contributed by atoms with Gasteiger partial charge in [-0.3, -0.25) is 14.4 Å². The van der Waals surface area contributed by atoms with Gasteiger partial charge < -0.3 is 15.4 Å². The van der Waals surface area contributed by atoms with Crippen LogP contribution in [0.1, 0.15) is 25.0 Å². The number of amides is 3. The summed E-state index contributed by atoms with van der Waals surface area (Å²) in [6.07, 6.45) is 1.35. The predicted octanol–water partition coefficient (Wildman–Crippen LogP) is 2.23. The van der Waals surface area contributed by atoms with Gasteiger partial charge in [-0.25, -0.2) is 5.43 Å². The minimum atomic E-state index is -0.859. The van der Waals surface area contributed by atoms with Gasteiger partial charge in [0.1, 0.15) is 5.75 Å². The van der Waals surface area contributed by atoms with Crippen molar-refractivity contribution in [3.8, 4) is 5.75 Å². The second-order valence-corrected chi connectivity index (χ2v) is 7.04. The Morgan fingerprint density at radius 3 is 2.43 bits per heavy atom. The molecule has 8 heteroatoms. The first-order valence-electron chi connectivity index (χ1n) is 9.54. The number of hydrazone groups is 1. The van der Waals surface area contributed by atoms with Crippen LogP contribution < -0.4 is 20.8 Å². The molecule has 0 saturated carbocycles. The minimum absolute atomic E-state index is 0.192. The van der Waals surface area contributed by atoms with Crippen molar-refractivity contribution in [1.82, 2.24) is 10.7 Å². The molecule has 0 aromatic heterocycles. The molecule has 0 saturated heterocycles. The number of nitrogens with one attached hydrogen (secondary N) is 3. The first-order chi connectivity index (χ1) is 14.3. The third-order valence-electron chi connectivity index (χ3n) is 3.86. The smallest absolute Gasteiger partial charge is 0.329 e. The Balaban J connectivity index is 1.88. The van der Waals surface area contributed by atoms with Crippen molar-refractivity contribution < 1.29 is 19.1 Å². The fourth-order valence-electron chi connectivity index (χ4n) is 2.28. The lowest BCUT2D eigenvalue weighted by molar-refractivity contribution is -0.139. The molecule has 2 aromatic carbocycles. The van der Waals surface area contributed by atoms with E-state index in [1.165, 1.54) is 6.21 Å². The lowest BCUT2D eigenvalue weighted by Gasteiger charge is -2.10. The normalized spacial score (nSPS) is 10.7. The lowest BCUT2D eigenvalue weighted by Crippen LogP contribution is -2.39. The number of ether oxygens (including phenoxy) is 1. The van der Waals surface area contributed by atoms with Crippen LogP contribution in [0.4, 0.5) is 5.69 Å². The average Bonchev–Trinajstić information content (AvgIpc) is 2.72. The van der Waals surface area contributed by atoms with Crippen molar-refractivity contribution in [2.45, 2.75) is 20.8 Å². The number of nitrogens with zero attached hydrogens (tertiary/aromatic N) is 1. The van der Waals surface area contributed by atoms with E-state index in [-0.39, 0.29) is 18.4 Å². The Labute approximate surface area is 175 Å². The molecule has 0 spiro atoms. The molecular weight excluding hydrogens is 384 g/mol. The van der Waals surface area contributed by atoms with Crippen LogP contribution in [0.2, 0.25) is 0 Å². The van der Waals surface area contributed by atoms with Crippen LogP contribution in [0.5, 0.6) is 5.75 Å². The summed E-state index contributed by atoms with van der Waals surface area (Å²) in [4.78, 5) is 35.5. The summed E-state index contributed by atoms with van der Waals surface area (Å²) < 4.78 is 5.57. The molecule has 2 rings (SSSR count). The number of aryl methyl sites for hydroxylation is 1. The molecule has 158 valence electrons. The van der Waals surface area contributed by atoms with E-state index in [2.05, 4.69) is 21.2 Å². The maximum Gasteiger partial charge on any atom is 0.329 e. The summed E-state index contributed by atoms with van der Waals surface area (Å²) in [5.74, 6) is -1.27. The zero-order valence-corrected chi connectivity index (χ0v) is 17.3. The number of hydrogen-bond acceptors (Lipinski definition) is 5. The highest BCUT2D eigenvalue weighted by molar-refractivity contribution is 6.35. The van der Waals surface area contributed by atoms with Crippen LogP contribution in [0.3, 0.4) is 0 Å². The Hall–Kier alpha value is -3.68. The molecular formula is C22H26N4O4. The van der Waals surface area contributed by atoms with Gasteiger partial charge in [0.15, 0.2) is 6.61 Å². The fourth-order valence-corrected chi connectivity index (χ4v) is 2.28. The minimum Gasteiger partial charge on any atom is -0.483 e. The quantitative estimate of drug-likeness (QED) is 0.352. The van der Waals surface area contributed by atoms with Gasteiger partial charge in [-0.15, -0.1) is 0 Å². The molecule has 3 N–H and O–H groups in total. The van der Waals surface area contributed by atoms with Gasteiger partial charge >= 0.3 is 11.8 Å². The highest BCUT2D eigenvalue weighted by Crippen LogP contribution is 2.16. The molecule has 0 aliphatic rings. The number of rotatable bonds is 8. The van der Waals surface area contributed by atoms with Crippen molar-refractivity contribution in [2.75, 3.05) is 18.5 Å². The van der Waals surface area contributed by atoms with Crippen LogP contribution in [0, 0.1) is 12.8 Å². The standard InChI is InChI=1S/C22H26N4O4/c1-15(2)12-23-21(28)22(29)26-24-13-17-6-4-5-7-19(17)30-14-20(27)25-18-10-8-16(3)9-11-18/h4-11,13,15H,12,14H2,1-3H3,(H,23,28)(H,25,27)(H,26,29)/b24-13-. The Kier molecular flexibility index (Phi) is 8.56. The van der Waals surface area contributed by atoms with E-state index in [0.29, 0.717) is 23.5 Å². The SMILES string of the molecule is Cc1ccc(NC(=O)COc2ccccc2/C=N\NC(=O)C(=O)NCC(C)C)cc1. The van der Waals surface area contributed by atoms with Gasteiger partial charge in [-0.05, 0) is 37.1 Å². The molecule has 0 heterocycles. The Bertz CT molecular complexity index is 908. The van der Waals surface area contributed by atoms with Crippen molar-refractivity contribution in [3.05, 3.63) is 59.7 Å². The molecule has 0 atom stereocenters. The summed E-state index contributed by atoms with van der Waals surface area (Å²) in [6, 6.07) is 14.3. The summed E-state index contributed by atoms with van der Waals surface area (Å²) >= 11 is 0. The molecule has 0 radical (unpaired) electrons. The van der Waals surface area contributed by atoms with E-state index in [0.717, 1.165) is 5.56 Å². The number of hydrogen-bond donors (Lipinski definition) is 3. The molecule has 3 amide bonds. The van der Waals surface area contributed by atoms with E-state index in [9.17, 15) is 14.4 Å². The summed E-state index contributed by atoms with van der Waals surface area (Å²) in [7, 11) is 0. The largest absolute Gasteiger partial charge is 0.483 e. The molecule has 8 nitrogen and oxygen atoms in total. The molecule has 0 aliphatic carbocycles. The molecule has 0 fully saturated rings. The molecule has 30 heavy (non-hydrogen) atoms. The fraction of sp³-hybridized carbons (Fsp3) is 0.273. The summed E-state index contributed by atoms with van der Waals surface area (Å²) in [5, 5.41) is 9.04. The first-order valence-corrected chi connectivity index (χ1v) is 9.54. The van der Waals surface area contributed by atoms with Crippen molar-refractivity contribution in [2.24, 2.45) is 11.0 Å². The van der Waals surface area contributed by atoms with Crippen molar-refractivity contribution >= 4 is 29.6 Å². The Morgan fingerprint density at radius 1 is 1.03 bits per heavy atom. The summed E-state index contributed by atoms with van der Waals surface area (Å²) in [6.45, 7) is 6.02. The number of carbonyl (C=O) groups excluding carboxylic acids is 3. The highest BCUT2D eigenvalue weighted by atomic mass is 16.5. The van der Waals surface area contributed by atoms with Gasteiger partial charge in [0.25, 0.3) is 5.91 Å². The van der Waals surface area contributed by atoms with Crippen LogP contribution in [0.25, 0.3) is 0 Å². The van der Waals surface area contributed by atoms with E-state index in [1.54, 1.807) is 24.3 Å². The van der Waals surface area contributed by atoms with E-state index < -0.39 is 11.8 Å². The predicted molar refractivity (Wildman–Crippen MR) is 115 cm³/mol. The summed E-state index contributed by atoms with van der Waals surface area (Å²) in [5.41, 5.74) is 4.49. The van der Waals surface area contributed by atoms with Gasteiger partial charge in [-0.1, -0.05) is 43.7 Å². The zero-order valence-electron chi connectivity index (χ0n) is 17.3. The van der Waals surface area contributed by atoms with Gasteiger partial charge in [0.2, 0.25) is 0 Å². The third-order valence-corrected chi connectivity index (χ3v) is 3.86.